The van der Waals surface area contributed by atoms with Gasteiger partial charge in [0.15, 0.2) is 0 Å². The third-order valence-corrected chi connectivity index (χ3v) is 2.87. The summed E-state index contributed by atoms with van der Waals surface area (Å²) < 4.78 is 5.68. The number of benzene rings is 1. The smallest absolute Gasteiger partial charge is 0.319 e. The molecule has 0 saturated heterocycles. The number of ether oxygens (including phenoxy) is 1. The van der Waals surface area contributed by atoms with Gasteiger partial charge in [-0.25, -0.2) is 0 Å². The molecule has 0 heterocycles. The van der Waals surface area contributed by atoms with E-state index in [9.17, 15) is 4.79 Å². The number of aryl methyl sites for hydroxylation is 1. The number of halogens is 1. The minimum atomic E-state index is -0.213. The Morgan fingerprint density at radius 1 is 1.50 bits per heavy atom. The molecule has 0 aliphatic heterocycles. The third-order valence-electron chi connectivity index (χ3n) is 2.38. The van der Waals surface area contributed by atoms with Gasteiger partial charge in [0.25, 0.3) is 0 Å². The molecule has 0 unspecified atom stereocenters. The highest BCUT2D eigenvalue weighted by molar-refractivity contribution is 9.10. The summed E-state index contributed by atoms with van der Waals surface area (Å²) >= 11 is 3.44. The normalized spacial score (nSPS) is 10.6. The predicted octanol–water partition coefficient (Wildman–Crippen LogP) is 2.36. The van der Waals surface area contributed by atoms with Crippen molar-refractivity contribution in [2.24, 2.45) is 0 Å². The van der Waals surface area contributed by atoms with Gasteiger partial charge in [0.05, 0.1) is 13.7 Å². The zero-order chi connectivity index (χ0) is 12.1. The lowest BCUT2D eigenvalue weighted by atomic mass is 10.1. The molecule has 0 aromatic heterocycles. The fourth-order valence-electron chi connectivity index (χ4n) is 1.44. The summed E-state index contributed by atoms with van der Waals surface area (Å²) in [6, 6.07) is 6.15. The second kappa shape index (κ2) is 6.01. The Kier molecular flexibility index (Phi) is 4.96. The van der Waals surface area contributed by atoms with Crippen LogP contribution in [0.25, 0.3) is 0 Å². The first kappa shape index (κ1) is 13.2. The van der Waals surface area contributed by atoms with Crippen LogP contribution in [0.2, 0.25) is 0 Å². The van der Waals surface area contributed by atoms with Crippen LogP contribution in [0.3, 0.4) is 0 Å². The predicted molar refractivity (Wildman–Crippen MR) is 67.2 cm³/mol. The standard InChI is InChI=1S/C12H16BrNO2/c1-9-4-5-11(13)6-10(9)7-14(2)8-12(15)16-3/h4-6H,7-8H2,1-3H3. The largest absolute Gasteiger partial charge is 0.468 e. The van der Waals surface area contributed by atoms with E-state index in [1.165, 1.54) is 18.2 Å². The average Bonchev–Trinajstić information content (AvgIpc) is 2.23. The molecule has 1 aromatic rings. The molecule has 4 heteroatoms. The molecule has 0 fully saturated rings. The number of methoxy groups -OCH3 is 1. The molecule has 0 N–H and O–H groups in total. The summed E-state index contributed by atoms with van der Waals surface area (Å²) in [5.74, 6) is -0.213. The molecule has 0 bridgehead atoms. The van der Waals surface area contributed by atoms with E-state index in [1.54, 1.807) is 0 Å². The fraction of sp³-hybridized carbons (Fsp3) is 0.417. The number of esters is 1. The van der Waals surface area contributed by atoms with Gasteiger partial charge in [0, 0.05) is 11.0 Å². The van der Waals surface area contributed by atoms with Crippen LogP contribution >= 0.6 is 15.9 Å². The van der Waals surface area contributed by atoms with Crippen molar-refractivity contribution in [2.75, 3.05) is 20.7 Å². The van der Waals surface area contributed by atoms with E-state index in [1.807, 2.05) is 18.0 Å². The van der Waals surface area contributed by atoms with E-state index >= 15 is 0 Å². The number of nitrogens with zero attached hydrogens (tertiary/aromatic N) is 1. The van der Waals surface area contributed by atoms with E-state index in [0.29, 0.717) is 6.54 Å². The molecule has 88 valence electrons. The molecule has 0 amide bonds. The van der Waals surface area contributed by atoms with Crippen LogP contribution in [0, 0.1) is 6.92 Å². The van der Waals surface area contributed by atoms with Crippen LogP contribution in [-0.4, -0.2) is 31.6 Å². The van der Waals surface area contributed by atoms with E-state index in [-0.39, 0.29) is 5.97 Å². The van der Waals surface area contributed by atoms with E-state index in [2.05, 4.69) is 39.7 Å². The molecule has 0 aliphatic carbocycles. The van der Waals surface area contributed by atoms with Crippen LogP contribution in [0.1, 0.15) is 11.1 Å². The molecule has 0 radical (unpaired) electrons. The van der Waals surface area contributed by atoms with Gasteiger partial charge in [-0.3, -0.25) is 9.69 Å². The number of hydrogen-bond donors (Lipinski definition) is 0. The molecule has 0 saturated carbocycles. The Morgan fingerprint density at radius 2 is 2.19 bits per heavy atom. The number of carbonyl (C=O) groups excluding carboxylic acids is 1. The van der Waals surface area contributed by atoms with Gasteiger partial charge in [-0.05, 0) is 37.2 Å². The van der Waals surface area contributed by atoms with Crippen molar-refractivity contribution in [3.8, 4) is 0 Å². The molecule has 16 heavy (non-hydrogen) atoms. The molecule has 3 nitrogen and oxygen atoms in total. The monoisotopic (exact) mass is 285 g/mol. The van der Waals surface area contributed by atoms with Crippen molar-refractivity contribution >= 4 is 21.9 Å². The third kappa shape index (κ3) is 3.94. The Balaban J connectivity index is 2.65. The topological polar surface area (TPSA) is 29.5 Å². The zero-order valence-corrected chi connectivity index (χ0v) is 11.4. The average molecular weight is 286 g/mol. The SMILES string of the molecule is COC(=O)CN(C)Cc1cc(Br)ccc1C. The van der Waals surface area contributed by atoms with Gasteiger partial charge in [0.2, 0.25) is 0 Å². The summed E-state index contributed by atoms with van der Waals surface area (Å²) in [5, 5.41) is 0. The van der Waals surface area contributed by atoms with Crippen molar-refractivity contribution in [3.05, 3.63) is 33.8 Å². The van der Waals surface area contributed by atoms with E-state index in [0.717, 1.165) is 11.0 Å². The number of rotatable bonds is 4. The molecule has 0 atom stereocenters. The highest BCUT2D eigenvalue weighted by atomic mass is 79.9. The van der Waals surface area contributed by atoms with Crippen molar-refractivity contribution < 1.29 is 9.53 Å². The van der Waals surface area contributed by atoms with Crippen molar-refractivity contribution in [1.29, 1.82) is 0 Å². The number of hydrogen-bond acceptors (Lipinski definition) is 3. The van der Waals surface area contributed by atoms with Crippen molar-refractivity contribution in [1.82, 2.24) is 4.90 Å². The van der Waals surface area contributed by atoms with Gasteiger partial charge >= 0.3 is 5.97 Å². The van der Waals surface area contributed by atoms with Gasteiger partial charge in [-0.1, -0.05) is 22.0 Å². The molecule has 0 aliphatic rings. The Bertz CT molecular complexity index is 379. The Morgan fingerprint density at radius 3 is 2.81 bits per heavy atom. The second-order valence-corrected chi connectivity index (χ2v) is 4.73. The Hall–Kier alpha value is -0.870. The van der Waals surface area contributed by atoms with Crippen LogP contribution in [0.4, 0.5) is 0 Å². The number of carbonyl (C=O) groups is 1. The molecule has 0 spiro atoms. The highest BCUT2D eigenvalue weighted by Gasteiger charge is 2.08. The molecule has 1 rings (SSSR count). The lowest BCUT2D eigenvalue weighted by Crippen LogP contribution is -2.26. The van der Waals surface area contributed by atoms with Gasteiger partial charge in [-0.15, -0.1) is 0 Å². The maximum absolute atomic E-state index is 11.1. The van der Waals surface area contributed by atoms with Crippen LogP contribution in [-0.2, 0) is 16.1 Å². The quantitative estimate of drug-likeness (QED) is 0.796. The summed E-state index contributed by atoms with van der Waals surface area (Å²) in [6.07, 6.45) is 0. The van der Waals surface area contributed by atoms with Crippen LogP contribution < -0.4 is 0 Å². The molecular formula is C12H16BrNO2. The van der Waals surface area contributed by atoms with Crippen molar-refractivity contribution in [3.63, 3.8) is 0 Å². The minimum absolute atomic E-state index is 0.213. The van der Waals surface area contributed by atoms with Gasteiger partial charge < -0.3 is 4.74 Å². The number of likely N-dealkylation sites (N-methyl/N-ethyl adjacent to an activating group) is 1. The molecule has 1 aromatic carbocycles. The second-order valence-electron chi connectivity index (χ2n) is 3.82. The summed E-state index contributed by atoms with van der Waals surface area (Å²) in [7, 11) is 3.30. The van der Waals surface area contributed by atoms with Gasteiger partial charge in [-0.2, -0.15) is 0 Å². The van der Waals surface area contributed by atoms with Crippen LogP contribution in [0.5, 0.6) is 0 Å². The first-order chi connectivity index (χ1) is 7.52. The minimum Gasteiger partial charge on any atom is -0.468 e. The first-order valence-corrected chi connectivity index (χ1v) is 5.82. The molecular weight excluding hydrogens is 270 g/mol. The summed E-state index contributed by atoms with van der Waals surface area (Å²) in [5.41, 5.74) is 2.43. The highest BCUT2D eigenvalue weighted by Crippen LogP contribution is 2.17. The zero-order valence-electron chi connectivity index (χ0n) is 9.79. The maximum atomic E-state index is 11.1. The van der Waals surface area contributed by atoms with Gasteiger partial charge in [0.1, 0.15) is 0 Å². The lowest BCUT2D eigenvalue weighted by Gasteiger charge is -2.16. The first-order valence-electron chi connectivity index (χ1n) is 5.03. The Labute approximate surface area is 105 Å². The maximum Gasteiger partial charge on any atom is 0.319 e. The summed E-state index contributed by atoms with van der Waals surface area (Å²) in [6.45, 7) is 3.11. The van der Waals surface area contributed by atoms with Crippen LogP contribution in [0.15, 0.2) is 22.7 Å². The fourth-order valence-corrected chi connectivity index (χ4v) is 1.85. The van der Waals surface area contributed by atoms with E-state index in [4.69, 9.17) is 0 Å². The summed E-state index contributed by atoms with van der Waals surface area (Å²) in [4.78, 5) is 13.0. The lowest BCUT2D eigenvalue weighted by molar-refractivity contribution is -0.141. The van der Waals surface area contributed by atoms with Crippen molar-refractivity contribution in [2.45, 2.75) is 13.5 Å². The van der Waals surface area contributed by atoms with E-state index < -0.39 is 0 Å².